The Balaban J connectivity index is 1.83. The van der Waals surface area contributed by atoms with Gasteiger partial charge in [-0.25, -0.2) is 4.98 Å². The topological polar surface area (TPSA) is 59.0 Å². The molecule has 20 heavy (non-hydrogen) atoms. The second-order valence-electron chi connectivity index (χ2n) is 5.28. The number of aromatic nitrogens is 2. The molecule has 1 aliphatic rings. The minimum Gasteiger partial charge on any atom is -0.352 e. The lowest BCUT2D eigenvalue weighted by Crippen LogP contribution is -2.29. The zero-order valence-corrected chi connectivity index (χ0v) is 11.7. The highest BCUT2D eigenvalue weighted by Crippen LogP contribution is 2.20. The Morgan fingerprint density at radius 3 is 3.10 bits per heavy atom. The number of carbonyl (C=O) groups excluding carboxylic acids is 1. The molecular formula is C15H20N4O. The van der Waals surface area contributed by atoms with Crippen LogP contribution in [0, 0.1) is 0 Å². The predicted molar refractivity (Wildman–Crippen MR) is 78.3 cm³/mol. The SMILES string of the molecule is CCNCc1cn(CC(=O)NC2CC2)c2ncccc12. The van der Waals surface area contributed by atoms with Crippen molar-refractivity contribution >= 4 is 16.9 Å². The van der Waals surface area contributed by atoms with E-state index in [0.29, 0.717) is 12.6 Å². The summed E-state index contributed by atoms with van der Waals surface area (Å²) in [5.74, 6) is 0.0741. The van der Waals surface area contributed by atoms with Crippen molar-refractivity contribution < 1.29 is 4.79 Å². The van der Waals surface area contributed by atoms with Gasteiger partial charge < -0.3 is 15.2 Å². The summed E-state index contributed by atoms with van der Waals surface area (Å²) in [5.41, 5.74) is 2.07. The van der Waals surface area contributed by atoms with Gasteiger partial charge in [0.25, 0.3) is 0 Å². The average molecular weight is 272 g/mol. The van der Waals surface area contributed by atoms with E-state index in [-0.39, 0.29) is 5.91 Å². The zero-order chi connectivity index (χ0) is 13.9. The summed E-state index contributed by atoms with van der Waals surface area (Å²) < 4.78 is 1.94. The maximum atomic E-state index is 12.0. The van der Waals surface area contributed by atoms with Crippen LogP contribution in [0.15, 0.2) is 24.5 Å². The van der Waals surface area contributed by atoms with Crippen molar-refractivity contribution in [2.75, 3.05) is 6.54 Å². The van der Waals surface area contributed by atoms with E-state index in [1.54, 1.807) is 6.20 Å². The normalized spacial score (nSPS) is 14.7. The monoisotopic (exact) mass is 272 g/mol. The van der Waals surface area contributed by atoms with E-state index >= 15 is 0 Å². The number of hydrogen-bond acceptors (Lipinski definition) is 3. The molecule has 5 nitrogen and oxygen atoms in total. The third-order valence-electron chi connectivity index (χ3n) is 3.54. The molecule has 0 aromatic carbocycles. The number of pyridine rings is 1. The van der Waals surface area contributed by atoms with Gasteiger partial charge in [-0.1, -0.05) is 6.92 Å². The molecule has 1 aliphatic carbocycles. The highest BCUT2D eigenvalue weighted by Gasteiger charge is 2.23. The predicted octanol–water partition coefficient (Wildman–Crippen LogP) is 1.42. The molecule has 1 saturated carbocycles. The molecule has 1 amide bonds. The van der Waals surface area contributed by atoms with Gasteiger partial charge in [-0.2, -0.15) is 0 Å². The lowest BCUT2D eigenvalue weighted by atomic mass is 10.2. The van der Waals surface area contributed by atoms with E-state index in [1.165, 1.54) is 5.56 Å². The molecule has 0 spiro atoms. The number of nitrogens with one attached hydrogen (secondary N) is 2. The number of hydrogen-bond donors (Lipinski definition) is 2. The second kappa shape index (κ2) is 5.63. The van der Waals surface area contributed by atoms with Crippen LogP contribution in [-0.2, 0) is 17.9 Å². The van der Waals surface area contributed by atoms with Crippen molar-refractivity contribution in [3.63, 3.8) is 0 Å². The van der Waals surface area contributed by atoms with Crippen molar-refractivity contribution in [2.45, 2.75) is 38.9 Å². The van der Waals surface area contributed by atoms with Gasteiger partial charge in [0.2, 0.25) is 5.91 Å². The van der Waals surface area contributed by atoms with Crippen molar-refractivity contribution in [2.24, 2.45) is 0 Å². The first-order valence-electron chi connectivity index (χ1n) is 7.20. The van der Waals surface area contributed by atoms with Gasteiger partial charge in [0.15, 0.2) is 0 Å². The molecule has 0 unspecified atom stereocenters. The molecule has 2 N–H and O–H groups in total. The number of amides is 1. The molecule has 3 rings (SSSR count). The Morgan fingerprint density at radius 2 is 2.35 bits per heavy atom. The lowest BCUT2D eigenvalue weighted by molar-refractivity contribution is -0.121. The molecule has 1 fully saturated rings. The van der Waals surface area contributed by atoms with Crippen LogP contribution < -0.4 is 10.6 Å². The van der Waals surface area contributed by atoms with Crippen molar-refractivity contribution in [1.29, 1.82) is 0 Å². The number of nitrogens with zero attached hydrogens (tertiary/aromatic N) is 2. The van der Waals surface area contributed by atoms with Gasteiger partial charge in [0, 0.05) is 30.4 Å². The Bertz CT molecular complexity index is 615. The fraction of sp³-hybridized carbons (Fsp3) is 0.467. The van der Waals surface area contributed by atoms with Crippen LogP contribution in [-0.4, -0.2) is 28.0 Å². The molecule has 0 aliphatic heterocycles. The van der Waals surface area contributed by atoms with Gasteiger partial charge in [-0.3, -0.25) is 4.79 Å². The highest BCUT2D eigenvalue weighted by molar-refractivity contribution is 5.83. The lowest BCUT2D eigenvalue weighted by Gasteiger charge is -2.05. The van der Waals surface area contributed by atoms with E-state index < -0.39 is 0 Å². The van der Waals surface area contributed by atoms with E-state index in [2.05, 4.69) is 28.6 Å². The maximum Gasteiger partial charge on any atom is 0.240 e. The fourth-order valence-electron chi connectivity index (χ4n) is 2.37. The Kier molecular flexibility index (Phi) is 3.69. The third kappa shape index (κ3) is 2.82. The summed E-state index contributed by atoms with van der Waals surface area (Å²) in [5, 5.41) is 7.46. The second-order valence-corrected chi connectivity index (χ2v) is 5.28. The first-order chi connectivity index (χ1) is 9.78. The molecule has 0 atom stereocenters. The Morgan fingerprint density at radius 1 is 1.50 bits per heavy atom. The molecule has 0 bridgehead atoms. The maximum absolute atomic E-state index is 12.0. The molecule has 2 aromatic heterocycles. The Hall–Kier alpha value is -1.88. The van der Waals surface area contributed by atoms with Crippen LogP contribution in [0.5, 0.6) is 0 Å². The average Bonchev–Trinajstić information content (AvgIpc) is 3.19. The summed E-state index contributed by atoms with van der Waals surface area (Å²) in [6.45, 7) is 4.15. The molecule has 2 aromatic rings. The molecule has 0 radical (unpaired) electrons. The van der Waals surface area contributed by atoms with E-state index in [0.717, 1.165) is 37.0 Å². The van der Waals surface area contributed by atoms with E-state index in [4.69, 9.17) is 0 Å². The van der Waals surface area contributed by atoms with Gasteiger partial charge in [-0.05, 0) is 37.1 Å². The van der Waals surface area contributed by atoms with Crippen LogP contribution in [0.3, 0.4) is 0 Å². The smallest absolute Gasteiger partial charge is 0.240 e. The molecule has 106 valence electrons. The third-order valence-corrected chi connectivity index (χ3v) is 3.54. The number of carbonyl (C=O) groups is 1. The van der Waals surface area contributed by atoms with E-state index in [1.807, 2.05) is 16.8 Å². The van der Waals surface area contributed by atoms with Crippen molar-refractivity contribution in [3.05, 3.63) is 30.1 Å². The number of fused-ring (bicyclic) bond motifs is 1. The molecule has 0 saturated heterocycles. The summed E-state index contributed by atoms with van der Waals surface area (Å²) in [7, 11) is 0. The summed E-state index contributed by atoms with van der Waals surface area (Å²) in [4.78, 5) is 16.4. The largest absolute Gasteiger partial charge is 0.352 e. The quantitative estimate of drug-likeness (QED) is 0.836. The minimum absolute atomic E-state index is 0.0741. The Labute approximate surface area is 118 Å². The molecule has 2 heterocycles. The molecule has 5 heteroatoms. The van der Waals surface area contributed by atoms with Crippen LogP contribution in [0.1, 0.15) is 25.3 Å². The van der Waals surface area contributed by atoms with Gasteiger partial charge >= 0.3 is 0 Å². The fourth-order valence-corrected chi connectivity index (χ4v) is 2.37. The van der Waals surface area contributed by atoms with Gasteiger partial charge in [-0.15, -0.1) is 0 Å². The number of rotatable bonds is 6. The van der Waals surface area contributed by atoms with Crippen LogP contribution >= 0.6 is 0 Å². The standard InChI is InChI=1S/C15H20N4O/c1-2-16-8-11-9-19(10-14(20)18-12-5-6-12)15-13(11)4-3-7-17-15/h3-4,7,9,12,16H,2,5-6,8,10H2,1H3,(H,18,20). The first kappa shape index (κ1) is 13.1. The van der Waals surface area contributed by atoms with Crippen LogP contribution in [0.25, 0.3) is 11.0 Å². The van der Waals surface area contributed by atoms with Gasteiger partial charge in [0.1, 0.15) is 12.2 Å². The van der Waals surface area contributed by atoms with Crippen molar-refractivity contribution in [1.82, 2.24) is 20.2 Å². The summed E-state index contributed by atoms with van der Waals surface area (Å²) in [6.07, 6.45) is 6.03. The minimum atomic E-state index is 0.0741. The molecular weight excluding hydrogens is 252 g/mol. The highest BCUT2D eigenvalue weighted by atomic mass is 16.2. The zero-order valence-electron chi connectivity index (χ0n) is 11.7. The van der Waals surface area contributed by atoms with Gasteiger partial charge in [0.05, 0.1) is 0 Å². The first-order valence-corrected chi connectivity index (χ1v) is 7.20. The van der Waals surface area contributed by atoms with Crippen molar-refractivity contribution in [3.8, 4) is 0 Å². The summed E-state index contributed by atoms with van der Waals surface area (Å²) >= 11 is 0. The van der Waals surface area contributed by atoms with Crippen LogP contribution in [0.4, 0.5) is 0 Å². The van der Waals surface area contributed by atoms with Crippen LogP contribution in [0.2, 0.25) is 0 Å². The summed E-state index contributed by atoms with van der Waals surface area (Å²) in [6, 6.07) is 4.40. The van der Waals surface area contributed by atoms with E-state index in [9.17, 15) is 4.79 Å².